The first-order valence-corrected chi connectivity index (χ1v) is 6.63. The first kappa shape index (κ1) is 11.4. The highest BCUT2D eigenvalue weighted by Gasteiger charge is 2.30. The molecule has 3 heteroatoms. The molecule has 0 saturated heterocycles. The Morgan fingerprint density at radius 3 is 2.80 bits per heavy atom. The zero-order valence-electron chi connectivity index (χ0n) is 11.0. The Balaban J connectivity index is 1.99. The Labute approximate surface area is 116 Å². The summed E-state index contributed by atoms with van der Waals surface area (Å²) in [7, 11) is 0. The van der Waals surface area contributed by atoms with Crippen molar-refractivity contribution in [2.75, 3.05) is 0 Å². The molecule has 0 bridgehead atoms. The standard InChI is InChI=1S/C17H13FN2/c1-11-6-7-14(15(18)8-11)17-13-5-3-2-4-12(13)16-9-19-10-20(16)17/h2-10,17H,1H3. The molecule has 4 rings (SSSR count). The molecule has 0 radical (unpaired) electrons. The molecule has 1 aliphatic heterocycles. The Kier molecular flexibility index (Phi) is 2.30. The van der Waals surface area contributed by atoms with E-state index in [-0.39, 0.29) is 11.9 Å². The summed E-state index contributed by atoms with van der Waals surface area (Å²) in [6.45, 7) is 1.90. The van der Waals surface area contributed by atoms with Gasteiger partial charge in [0.15, 0.2) is 0 Å². The highest BCUT2D eigenvalue weighted by Crippen LogP contribution is 2.43. The quantitative estimate of drug-likeness (QED) is 0.509. The van der Waals surface area contributed by atoms with Crippen LogP contribution in [0.25, 0.3) is 11.3 Å². The molecular weight excluding hydrogens is 251 g/mol. The fourth-order valence-corrected chi connectivity index (χ4v) is 3.01. The van der Waals surface area contributed by atoms with Gasteiger partial charge in [-0.25, -0.2) is 9.37 Å². The minimum Gasteiger partial charge on any atom is -0.319 e. The fraction of sp³-hybridized carbons (Fsp3) is 0.118. The van der Waals surface area contributed by atoms with Crippen LogP contribution >= 0.6 is 0 Å². The molecule has 0 amide bonds. The van der Waals surface area contributed by atoms with Crippen LogP contribution in [-0.4, -0.2) is 9.55 Å². The maximum Gasteiger partial charge on any atom is 0.129 e. The van der Waals surface area contributed by atoms with Crippen LogP contribution in [-0.2, 0) is 0 Å². The van der Waals surface area contributed by atoms with Crippen molar-refractivity contribution in [3.05, 3.63) is 77.5 Å². The summed E-state index contributed by atoms with van der Waals surface area (Å²) in [5, 5.41) is 0. The highest BCUT2D eigenvalue weighted by atomic mass is 19.1. The number of benzene rings is 2. The first-order chi connectivity index (χ1) is 9.75. The highest BCUT2D eigenvalue weighted by molar-refractivity contribution is 5.70. The molecule has 2 nitrogen and oxygen atoms in total. The average Bonchev–Trinajstić information content (AvgIpc) is 3.00. The van der Waals surface area contributed by atoms with Gasteiger partial charge in [-0.3, -0.25) is 0 Å². The summed E-state index contributed by atoms with van der Waals surface area (Å²) in [5.74, 6) is -0.161. The van der Waals surface area contributed by atoms with Crippen LogP contribution < -0.4 is 0 Å². The Morgan fingerprint density at radius 2 is 1.95 bits per heavy atom. The molecule has 2 aromatic carbocycles. The van der Waals surface area contributed by atoms with Gasteiger partial charge in [0.1, 0.15) is 5.82 Å². The van der Waals surface area contributed by atoms with Gasteiger partial charge in [0.25, 0.3) is 0 Å². The summed E-state index contributed by atoms with van der Waals surface area (Å²) in [6, 6.07) is 13.4. The lowest BCUT2D eigenvalue weighted by Crippen LogP contribution is -2.09. The molecule has 98 valence electrons. The number of rotatable bonds is 1. The van der Waals surface area contributed by atoms with Crippen LogP contribution in [0.5, 0.6) is 0 Å². The zero-order valence-corrected chi connectivity index (χ0v) is 11.0. The molecule has 1 atom stereocenters. The second-order valence-electron chi connectivity index (χ2n) is 5.20. The summed E-state index contributed by atoms with van der Waals surface area (Å²) in [5.41, 5.74) is 4.94. The second-order valence-corrected chi connectivity index (χ2v) is 5.20. The van der Waals surface area contributed by atoms with Crippen LogP contribution in [0, 0.1) is 12.7 Å². The largest absolute Gasteiger partial charge is 0.319 e. The number of hydrogen-bond donors (Lipinski definition) is 0. The van der Waals surface area contributed by atoms with E-state index in [2.05, 4.69) is 17.1 Å². The van der Waals surface area contributed by atoms with Crippen molar-refractivity contribution in [3.63, 3.8) is 0 Å². The number of imidazole rings is 1. The van der Waals surface area contributed by atoms with Gasteiger partial charge in [0.05, 0.1) is 24.3 Å². The van der Waals surface area contributed by atoms with E-state index in [4.69, 9.17) is 0 Å². The van der Waals surface area contributed by atoms with E-state index in [9.17, 15) is 4.39 Å². The predicted molar refractivity (Wildman–Crippen MR) is 76.0 cm³/mol. The van der Waals surface area contributed by atoms with E-state index in [1.54, 1.807) is 12.4 Å². The number of halogens is 1. The van der Waals surface area contributed by atoms with Crippen molar-refractivity contribution >= 4 is 0 Å². The zero-order chi connectivity index (χ0) is 13.7. The van der Waals surface area contributed by atoms with Crippen molar-refractivity contribution in [2.45, 2.75) is 13.0 Å². The molecule has 0 spiro atoms. The van der Waals surface area contributed by atoms with Gasteiger partial charge in [-0.15, -0.1) is 0 Å². The van der Waals surface area contributed by atoms with Crippen molar-refractivity contribution < 1.29 is 4.39 Å². The van der Waals surface area contributed by atoms with Gasteiger partial charge < -0.3 is 4.57 Å². The fourth-order valence-electron chi connectivity index (χ4n) is 3.01. The first-order valence-electron chi connectivity index (χ1n) is 6.63. The number of aryl methyl sites for hydroxylation is 1. The lowest BCUT2D eigenvalue weighted by molar-refractivity contribution is 0.580. The molecule has 1 unspecified atom stereocenters. The van der Waals surface area contributed by atoms with Gasteiger partial charge in [0.2, 0.25) is 0 Å². The summed E-state index contributed by atoms with van der Waals surface area (Å²) < 4.78 is 16.4. The average molecular weight is 264 g/mol. The van der Waals surface area contributed by atoms with Gasteiger partial charge >= 0.3 is 0 Å². The van der Waals surface area contributed by atoms with Crippen LogP contribution in [0.1, 0.15) is 22.7 Å². The van der Waals surface area contributed by atoms with E-state index < -0.39 is 0 Å². The number of nitrogens with zero attached hydrogens (tertiary/aromatic N) is 2. The van der Waals surface area contributed by atoms with Crippen molar-refractivity contribution in [1.29, 1.82) is 0 Å². The molecule has 1 aliphatic rings. The Morgan fingerprint density at radius 1 is 1.10 bits per heavy atom. The minimum atomic E-state index is -0.161. The normalized spacial score (nSPS) is 16.0. The summed E-state index contributed by atoms with van der Waals surface area (Å²) in [6.07, 6.45) is 3.62. The maximum atomic E-state index is 14.4. The molecule has 0 N–H and O–H groups in total. The van der Waals surface area contributed by atoms with E-state index in [1.807, 2.05) is 42.0 Å². The van der Waals surface area contributed by atoms with Crippen LogP contribution in [0.4, 0.5) is 4.39 Å². The van der Waals surface area contributed by atoms with E-state index in [0.29, 0.717) is 5.56 Å². The molecule has 2 heterocycles. The monoisotopic (exact) mass is 264 g/mol. The lowest BCUT2D eigenvalue weighted by Gasteiger charge is -2.16. The number of fused-ring (bicyclic) bond motifs is 3. The van der Waals surface area contributed by atoms with Crippen molar-refractivity contribution in [2.24, 2.45) is 0 Å². The van der Waals surface area contributed by atoms with Gasteiger partial charge in [-0.1, -0.05) is 36.4 Å². The lowest BCUT2D eigenvalue weighted by atomic mass is 9.96. The third kappa shape index (κ3) is 1.46. The van der Waals surface area contributed by atoms with E-state index >= 15 is 0 Å². The molecule has 3 aromatic rings. The number of aromatic nitrogens is 2. The predicted octanol–water partition coefficient (Wildman–Crippen LogP) is 3.95. The summed E-state index contributed by atoms with van der Waals surface area (Å²) >= 11 is 0. The molecule has 0 saturated carbocycles. The topological polar surface area (TPSA) is 17.8 Å². The second kappa shape index (κ2) is 4.04. The van der Waals surface area contributed by atoms with Crippen LogP contribution in [0.15, 0.2) is 55.0 Å². The maximum absolute atomic E-state index is 14.4. The molecule has 20 heavy (non-hydrogen) atoms. The molecular formula is C17H13FN2. The smallest absolute Gasteiger partial charge is 0.129 e. The Bertz CT molecular complexity index is 804. The van der Waals surface area contributed by atoms with Gasteiger partial charge in [0, 0.05) is 11.1 Å². The van der Waals surface area contributed by atoms with Gasteiger partial charge in [-0.05, 0) is 24.1 Å². The Hall–Kier alpha value is -2.42. The van der Waals surface area contributed by atoms with Crippen molar-refractivity contribution in [1.82, 2.24) is 9.55 Å². The van der Waals surface area contributed by atoms with Crippen LogP contribution in [0.2, 0.25) is 0 Å². The van der Waals surface area contributed by atoms with E-state index in [0.717, 1.165) is 22.4 Å². The van der Waals surface area contributed by atoms with E-state index in [1.165, 1.54) is 0 Å². The summed E-state index contributed by atoms with van der Waals surface area (Å²) in [4.78, 5) is 4.21. The molecule has 0 fully saturated rings. The minimum absolute atomic E-state index is 0.121. The third-order valence-electron chi connectivity index (χ3n) is 3.93. The molecule has 1 aromatic heterocycles. The number of hydrogen-bond acceptors (Lipinski definition) is 1. The SMILES string of the molecule is Cc1ccc(C2c3ccccc3-c3cncn32)c(F)c1. The van der Waals surface area contributed by atoms with Crippen LogP contribution in [0.3, 0.4) is 0 Å². The molecule has 0 aliphatic carbocycles. The van der Waals surface area contributed by atoms with Gasteiger partial charge in [-0.2, -0.15) is 0 Å². The van der Waals surface area contributed by atoms with Crippen molar-refractivity contribution in [3.8, 4) is 11.3 Å². The third-order valence-corrected chi connectivity index (χ3v) is 3.93.